The second kappa shape index (κ2) is 7.03. The molecule has 2 aliphatic heterocycles. The smallest absolute Gasteiger partial charge is 0.0618 e. The van der Waals surface area contributed by atoms with Crippen molar-refractivity contribution < 1.29 is 4.74 Å². The van der Waals surface area contributed by atoms with Crippen molar-refractivity contribution in [3.63, 3.8) is 0 Å². The minimum Gasteiger partial charge on any atom is -0.383 e. The van der Waals surface area contributed by atoms with Gasteiger partial charge in [-0.2, -0.15) is 0 Å². The molecule has 0 saturated carbocycles. The molecular weight excluding hydrogens is 268 g/mol. The van der Waals surface area contributed by atoms with E-state index in [0.29, 0.717) is 6.04 Å². The normalized spacial score (nSPS) is 24.8. The van der Waals surface area contributed by atoms with E-state index in [1.807, 2.05) is 18.4 Å². The molecule has 0 N–H and O–H groups in total. The third-order valence-electron chi connectivity index (χ3n) is 4.53. The minimum absolute atomic E-state index is 0.629. The Balaban J connectivity index is 1.53. The fourth-order valence-corrected chi connectivity index (χ4v) is 4.38. The first kappa shape index (κ1) is 14.5. The largest absolute Gasteiger partial charge is 0.383 e. The van der Waals surface area contributed by atoms with Gasteiger partial charge >= 0.3 is 0 Å². The number of likely N-dealkylation sites (tertiary alicyclic amines) is 2. The van der Waals surface area contributed by atoms with Crippen LogP contribution in [0.15, 0.2) is 11.4 Å². The highest BCUT2D eigenvalue weighted by Crippen LogP contribution is 2.24. The van der Waals surface area contributed by atoms with Gasteiger partial charge in [0.05, 0.1) is 6.61 Å². The number of methoxy groups -OCH3 is 1. The van der Waals surface area contributed by atoms with E-state index in [2.05, 4.69) is 21.2 Å². The summed E-state index contributed by atoms with van der Waals surface area (Å²) >= 11 is 1.93. The number of nitrogens with zero attached hydrogens (tertiary/aromatic N) is 2. The quantitative estimate of drug-likeness (QED) is 0.802. The summed E-state index contributed by atoms with van der Waals surface area (Å²) in [4.78, 5) is 6.69. The monoisotopic (exact) mass is 294 g/mol. The van der Waals surface area contributed by atoms with Gasteiger partial charge in [0.15, 0.2) is 0 Å². The molecule has 2 aliphatic rings. The molecule has 1 aromatic heterocycles. The van der Waals surface area contributed by atoms with E-state index in [4.69, 9.17) is 4.74 Å². The van der Waals surface area contributed by atoms with Crippen LogP contribution in [0.5, 0.6) is 0 Å². The molecule has 0 spiro atoms. The summed E-state index contributed by atoms with van der Waals surface area (Å²) in [6, 6.07) is 3.05. The average Bonchev–Trinajstić information content (AvgIpc) is 3.15. The number of rotatable bonds is 6. The molecule has 0 unspecified atom stereocenters. The maximum absolute atomic E-state index is 5.34. The molecule has 2 saturated heterocycles. The Labute approximate surface area is 126 Å². The van der Waals surface area contributed by atoms with Crippen LogP contribution >= 0.6 is 11.3 Å². The Morgan fingerprint density at radius 2 is 2.05 bits per heavy atom. The first-order valence-corrected chi connectivity index (χ1v) is 8.75. The lowest BCUT2D eigenvalue weighted by Gasteiger charge is -2.22. The van der Waals surface area contributed by atoms with Crippen LogP contribution in [0, 0.1) is 0 Å². The molecule has 3 rings (SSSR count). The van der Waals surface area contributed by atoms with Crippen LogP contribution in [0.25, 0.3) is 0 Å². The van der Waals surface area contributed by atoms with Crippen molar-refractivity contribution in [1.82, 2.24) is 9.80 Å². The van der Waals surface area contributed by atoms with E-state index in [0.717, 1.165) is 19.7 Å². The van der Waals surface area contributed by atoms with Crippen molar-refractivity contribution in [3.05, 3.63) is 21.9 Å². The molecular formula is C16H26N2OS. The van der Waals surface area contributed by atoms with Crippen molar-refractivity contribution in [2.45, 2.75) is 44.8 Å². The van der Waals surface area contributed by atoms with Crippen molar-refractivity contribution in [3.8, 4) is 0 Å². The zero-order chi connectivity index (χ0) is 13.8. The standard InChI is InChI=1S/C16H26N2OS/c1-19-12-15-5-4-8-18(15)11-16-9-14(13-20-16)10-17-6-2-3-7-17/h9,13,15H,2-8,10-12H2,1H3/t15-/m0/s1. The lowest BCUT2D eigenvalue weighted by molar-refractivity contribution is 0.112. The van der Waals surface area contributed by atoms with Crippen molar-refractivity contribution >= 4 is 11.3 Å². The van der Waals surface area contributed by atoms with Gasteiger partial charge in [0.1, 0.15) is 0 Å². The first-order valence-electron chi connectivity index (χ1n) is 7.87. The molecule has 112 valence electrons. The Morgan fingerprint density at radius 1 is 1.20 bits per heavy atom. The van der Waals surface area contributed by atoms with Crippen molar-refractivity contribution in [2.24, 2.45) is 0 Å². The molecule has 0 amide bonds. The fourth-order valence-electron chi connectivity index (χ4n) is 3.48. The zero-order valence-electron chi connectivity index (χ0n) is 12.5. The molecule has 0 bridgehead atoms. The van der Waals surface area contributed by atoms with Gasteiger partial charge in [-0.1, -0.05) is 0 Å². The molecule has 1 atom stereocenters. The lowest BCUT2D eigenvalue weighted by atomic mass is 10.2. The number of hydrogen-bond acceptors (Lipinski definition) is 4. The number of hydrogen-bond donors (Lipinski definition) is 0. The predicted molar refractivity (Wildman–Crippen MR) is 84.1 cm³/mol. The van der Waals surface area contributed by atoms with Gasteiger partial charge in [-0.25, -0.2) is 0 Å². The van der Waals surface area contributed by atoms with Crippen LogP contribution in [-0.2, 0) is 17.8 Å². The number of thiophene rings is 1. The maximum Gasteiger partial charge on any atom is 0.0618 e. The summed E-state index contributed by atoms with van der Waals surface area (Å²) in [5.41, 5.74) is 1.51. The molecule has 3 nitrogen and oxygen atoms in total. The van der Waals surface area contributed by atoms with Crippen molar-refractivity contribution in [1.29, 1.82) is 0 Å². The Kier molecular flexibility index (Phi) is 5.10. The van der Waals surface area contributed by atoms with Crippen LogP contribution < -0.4 is 0 Å². The van der Waals surface area contributed by atoms with Crippen LogP contribution in [-0.4, -0.2) is 49.2 Å². The molecule has 20 heavy (non-hydrogen) atoms. The summed E-state index contributed by atoms with van der Waals surface area (Å²) in [7, 11) is 1.82. The Bertz CT molecular complexity index is 414. The molecule has 1 aromatic rings. The molecule has 0 aliphatic carbocycles. The van der Waals surface area contributed by atoms with Crippen LogP contribution in [0.2, 0.25) is 0 Å². The van der Waals surface area contributed by atoms with Gasteiger partial charge in [-0.05, 0) is 62.3 Å². The first-order chi connectivity index (χ1) is 9.85. The third kappa shape index (κ3) is 3.61. The molecule has 3 heterocycles. The highest BCUT2D eigenvalue weighted by Gasteiger charge is 2.24. The molecule has 0 aromatic carbocycles. The molecule has 0 radical (unpaired) electrons. The minimum atomic E-state index is 0.629. The molecule has 4 heteroatoms. The van der Waals surface area contributed by atoms with Gasteiger partial charge < -0.3 is 4.74 Å². The average molecular weight is 294 g/mol. The van der Waals surface area contributed by atoms with Crippen LogP contribution in [0.3, 0.4) is 0 Å². The SMILES string of the molecule is COC[C@@H]1CCCN1Cc1cc(CN2CCCC2)cs1. The summed E-state index contributed by atoms with van der Waals surface area (Å²) in [6.45, 7) is 6.94. The second-order valence-corrected chi connectivity index (χ2v) is 7.12. The van der Waals surface area contributed by atoms with Crippen LogP contribution in [0.1, 0.15) is 36.1 Å². The highest BCUT2D eigenvalue weighted by molar-refractivity contribution is 7.10. The predicted octanol–water partition coefficient (Wildman–Crippen LogP) is 2.95. The zero-order valence-corrected chi connectivity index (χ0v) is 13.3. The topological polar surface area (TPSA) is 15.7 Å². The third-order valence-corrected chi connectivity index (χ3v) is 5.50. The van der Waals surface area contributed by atoms with Gasteiger partial charge in [0.2, 0.25) is 0 Å². The summed E-state index contributed by atoms with van der Waals surface area (Å²) in [5, 5.41) is 2.36. The van der Waals surface area contributed by atoms with E-state index in [1.54, 1.807) is 0 Å². The van der Waals surface area contributed by atoms with E-state index in [1.165, 1.54) is 55.8 Å². The maximum atomic E-state index is 5.34. The highest BCUT2D eigenvalue weighted by atomic mass is 32.1. The summed E-state index contributed by atoms with van der Waals surface area (Å²) < 4.78 is 5.34. The van der Waals surface area contributed by atoms with Gasteiger partial charge in [0, 0.05) is 31.1 Å². The van der Waals surface area contributed by atoms with Gasteiger partial charge in [0.25, 0.3) is 0 Å². The summed E-state index contributed by atoms with van der Waals surface area (Å²) in [6.07, 6.45) is 5.37. The lowest BCUT2D eigenvalue weighted by Crippen LogP contribution is -2.32. The van der Waals surface area contributed by atoms with Crippen molar-refractivity contribution in [2.75, 3.05) is 33.4 Å². The molecule has 2 fully saturated rings. The summed E-state index contributed by atoms with van der Waals surface area (Å²) in [5.74, 6) is 0. The second-order valence-electron chi connectivity index (χ2n) is 6.13. The van der Waals surface area contributed by atoms with E-state index < -0.39 is 0 Å². The van der Waals surface area contributed by atoms with E-state index in [-0.39, 0.29) is 0 Å². The Hall–Kier alpha value is -0.420. The van der Waals surface area contributed by atoms with Gasteiger partial charge in [-0.15, -0.1) is 11.3 Å². The van der Waals surface area contributed by atoms with Gasteiger partial charge in [-0.3, -0.25) is 9.80 Å². The Morgan fingerprint density at radius 3 is 2.85 bits per heavy atom. The van der Waals surface area contributed by atoms with E-state index >= 15 is 0 Å². The fraction of sp³-hybridized carbons (Fsp3) is 0.750. The number of ether oxygens (including phenoxy) is 1. The van der Waals surface area contributed by atoms with Crippen LogP contribution in [0.4, 0.5) is 0 Å². The van der Waals surface area contributed by atoms with E-state index in [9.17, 15) is 0 Å².